The summed E-state index contributed by atoms with van der Waals surface area (Å²) in [5.74, 6) is 3.41. The molecule has 4 aromatic heterocycles. The van der Waals surface area contributed by atoms with Crippen LogP contribution in [0, 0.1) is 13.8 Å². The van der Waals surface area contributed by atoms with Gasteiger partial charge in [-0.1, -0.05) is 90.1 Å². The largest absolute Gasteiger partial charge is 0.457 e. The molecule has 0 radical (unpaired) electrons. The van der Waals surface area contributed by atoms with Gasteiger partial charge in [0.2, 0.25) is 0 Å². The molecule has 1 aliphatic rings. The highest BCUT2D eigenvalue weighted by Crippen LogP contribution is 2.50. The average Bonchev–Trinajstić information content (AvgIpc) is 3.86. The summed E-state index contributed by atoms with van der Waals surface area (Å²) >= 11 is 1.81. The van der Waals surface area contributed by atoms with Gasteiger partial charge in [-0.3, -0.25) is 4.57 Å². The maximum atomic E-state index is 6.96. The Kier molecular flexibility index (Phi) is 8.22. The number of hydrogen-bond acceptors (Lipinski definition) is 6. The number of thiophene rings is 1. The quantitative estimate of drug-likeness (QED) is 0.174. The lowest BCUT2D eigenvalue weighted by molar-refractivity contribution is 0.484. The number of ether oxygens (including phenoxy) is 1. The molecule has 0 atom stereocenters. The van der Waals surface area contributed by atoms with E-state index in [-0.39, 0.29) is 10.8 Å². The van der Waals surface area contributed by atoms with Crippen LogP contribution < -0.4 is 14.5 Å². The first kappa shape index (κ1) is 36.2. The van der Waals surface area contributed by atoms with Crippen molar-refractivity contribution in [3.8, 4) is 17.3 Å². The van der Waals surface area contributed by atoms with Crippen LogP contribution in [0.1, 0.15) is 63.8 Å². The second kappa shape index (κ2) is 13.2. The summed E-state index contributed by atoms with van der Waals surface area (Å²) < 4.78 is 11.7. The molecule has 288 valence electrons. The molecule has 0 unspecified atom stereocenters. The number of benzene rings is 5. The summed E-state index contributed by atoms with van der Waals surface area (Å²) in [6.07, 6.45) is 3.83. The Morgan fingerprint density at radius 2 is 1.29 bits per heavy atom. The lowest BCUT2D eigenvalue weighted by atomic mass is 9.84. The molecule has 5 aromatic carbocycles. The van der Waals surface area contributed by atoms with Crippen LogP contribution in [-0.4, -0.2) is 21.2 Å². The summed E-state index contributed by atoms with van der Waals surface area (Å²) in [4.78, 5) is 14.7. The third kappa shape index (κ3) is 5.90. The van der Waals surface area contributed by atoms with Crippen LogP contribution in [-0.2, 0) is 10.8 Å². The standard InChI is InChI=1S/C51H47N5OS/c1-31-24-34(51(6,7)8)25-32(2)48(31)55-30-54(41-17-13-22-53-49(41)55)43-28-36(29-45-47(43)39-15-10-12-18-44(39)58-45)57-35-19-20-38-37-14-9-11-16-40(37)56(42(38)27-35)46-26-33(21-23-52-46)50(3,4)5/h9-29H,30H2,1-8H3. The number of pyridine rings is 2. The fourth-order valence-electron chi connectivity index (χ4n) is 8.77. The van der Waals surface area contributed by atoms with Crippen LogP contribution in [0.4, 0.5) is 22.9 Å². The molecular weight excluding hydrogens is 731 g/mol. The summed E-state index contributed by atoms with van der Waals surface area (Å²) in [6, 6.07) is 41.4. The Hall–Kier alpha value is -6.18. The minimum atomic E-state index is -0.00877. The predicted molar refractivity (Wildman–Crippen MR) is 245 cm³/mol. The van der Waals surface area contributed by atoms with Crippen molar-refractivity contribution in [2.75, 3.05) is 16.5 Å². The van der Waals surface area contributed by atoms with Gasteiger partial charge >= 0.3 is 0 Å². The SMILES string of the molecule is Cc1cc(C(C)(C)C)cc(C)c1N1CN(c2cc(Oc3ccc4c5ccccc5n(-c5cc(C(C)(C)C)ccn5)c4c3)cc3sc4ccccc4c23)c2cccnc21. The third-order valence-electron chi connectivity index (χ3n) is 11.7. The summed E-state index contributed by atoms with van der Waals surface area (Å²) in [5, 5.41) is 4.81. The van der Waals surface area contributed by atoms with Crippen molar-refractivity contribution >= 4 is 76.2 Å². The molecule has 5 heterocycles. The number of hydrogen-bond donors (Lipinski definition) is 0. The van der Waals surface area contributed by atoms with E-state index in [9.17, 15) is 0 Å². The number of rotatable bonds is 5. The molecular formula is C51H47N5OS. The zero-order chi connectivity index (χ0) is 40.1. The molecule has 0 aliphatic carbocycles. The van der Waals surface area contributed by atoms with Crippen molar-refractivity contribution in [3.05, 3.63) is 150 Å². The number of fused-ring (bicyclic) bond motifs is 7. The highest BCUT2D eigenvalue weighted by molar-refractivity contribution is 7.26. The first-order valence-corrected chi connectivity index (χ1v) is 20.9. The van der Waals surface area contributed by atoms with E-state index in [1.165, 1.54) is 53.5 Å². The number of nitrogens with zero attached hydrogens (tertiary/aromatic N) is 5. The molecule has 0 bridgehead atoms. The van der Waals surface area contributed by atoms with Gasteiger partial charge in [-0.25, -0.2) is 9.97 Å². The van der Waals surface area contributed by atoms with Gasteiger partial charge in [0.15, 0.2) is 5.82 Å². The maximum absolute atomic E-state index is 6.96. The van der Waals surface area contributed by atoms with E-state index < -0.39 is 0 Å². The summed E-state index contributed by atoms with van der Waals surface area (Å²) in [6.45, 7) is 18.7. The van der Waals surface area contributed by atoms with Gasteiger partial charge in [-0.05, 0) is 102 Å². The van der Waals surface area contributed by atoms with Gasteiger partial charge in [0.25, 0.3) is 0 Å². The monoisotopic (exact) mass is 777 g/mol. The normalized spacial score (nSPS) is 13.4. The van der Waals surface area contributed by atoms with Gasteiger partial charge in [-0.15, -0.1) is 11.3 Å². The molecule has 58 heavy (non-hydrogen) atoms. The molecule has 1 aliphatic heterocycles. The Labute approximate surface area is 344 Å². The third-order valence-corrected chi connectivity index (χ3v) is 12.8. The van der Waals surface area contributed by atoms with Gasteiger partial charge < -0.3 is 14.5 Å². The molecule has 0 spiro atoms. The van der Waals surface area contributed by atoms with E-state index in [1.54, 1.807) is 11.3 Å². The molecule has 0 saturated carbocycles. The van der Waals surface area contributed by atoms with Crippen molar-refractivity contribution in [2.45, 2.75) is 66.2 Å². The molecule has 0 fully saturated rings. The topological polar surface area (TPSA) is 46.4 Å². The average molecular weight is 778 g/mol. The molecule has 0 N–H and O–H groups in total. The van der Waals surface area contributed by atoms with E-state index in [0.29, 0.717) is 6.67 Å². The summed E-state index contributed by atoms with van der Waals surface area (Å²) in [5.41, 5.74) is 10.7. The van der Waals surface area contributed by atoms with Crippen molar-refractivity contribution in [1.29, 1.82) is 0 Å². The summed E-state index contributed by atoms with van der Waals surface area (Å²) in [7, 11) is 0. The zero-order valence-corrected chi connectivity index (χ0v) is 35.2. The smallest absolute Gasteiger partial charge is 0.158 e. The Bertz CT molecular complexity index is 3060. The van der Waals surface area contributed by atoms with Gasteiger partial charge in [0.05, 0.1) is 28.1 Å². The van der Waals surface area contributed by atoms with Crippen molar-refractivity contribution in [1.82, 2.24) is 14.5 Å². The van der Waals surface area contributed by atoms with Crippen LogP contribution in [0.5, 0.6) is 11.5 Å². The van der Waals surface area contributed by atoms with Crippen molar-refractivity contribution in [3.63, 3.8) is 0 Å². The Balaban J connectivity index is 1.11. The molecule has 9 aromatic rings. The number of anilines is 4. The minimum absolute atomic E-state index is 0.00877. The zero-order valence-electron chi connectivity index (χ0n) is 34.4. The van der Waals surface area contributed by atoms with Gasteiger partial charge in [0.1, 0.15) is 24.0 Å². The van der Waals surface area contributed by atoms with Gasteiger partial charge in [0, 0.05) is 55.5 Å². The van der Waals surface area contributed by atoms with Crippen LogP contribution >= 0.6 is 11.3 Å². The number of aryl methyl sites for hydroxylation is 2. The Morgan fingerprint density at radius 1 is 0.569 bits per heavy atom. The van der Waals surface area contributed by atoms with Crippen LogP contribution in [0.15, 0.2) is 128 Å². The first-order valence-electron chi connectivity index (χ1n) is 20.1. The minimum Gasteiger partial charge on any atom is -0.457 e. The fraction of sp³-hybridized carbons (Fsp3) is 0.216. The van der Waals surface area contributed by atoms with Crippen LogP contribution in [0.2, 0.25) is 0 Å². The van der Waals surface area contributed by atoms with Crippen molar-refractivity contribution in [2.24, 2.45) is 0 Å². The fourth-order valence-corrected chi connectivity index (χ4v) is 9.93. The number of para-hydroxylation sites is 1. The molecule has 7 heteroatoms. The van der Waals surface area contributed by atoms with Crippen LogP contribution in [0.3, 0.4) is 0 Å². The Morgan fingerprint density at radius 3 is 2.07 bits per heavy atom. The van der Waals surface area contributed by atoms with E-state index in [0.717, 1.165) is 50.9 Å². The highest BCUT2D eigenvalue weighted by atomic mass is 32.1. The molecule has 6 nitrogen and oxygen atoms in total. The lowest BCUT2D eigenvalue weighted by Gasteiger charge is -2.28. The molecule has 0 saturated heterocycles. The van der Waals surface area contributed by atoms with E-state index >= 15 is 0 Å². The second-order valence-electron chi connectivity index (χ2n) is 17.8. The van der Waals surface area contributed by atoms with E-state index in [1.807, 2.05) is 18.5 Å². The van der Waals surface area contributed by atoms with Gasteiger partial charge in [-0.2, -0.15) is 0 Å². The van der Waals surface area contributed by atoms with E-state index in [2.05, 4.69) is 179 Å². The number of aromatic nitrogens is 3. The highest BCUT2D eigenvalue weighted by Gasteiger charge is 2.33. The molecule has 10 rings (SSSR count). The van der Waals surface area contributed by atoms with Crippen molar-refractivity contribution < 1.29 is 4.74 Å². The van der Waals surface area contributed by atoms with Crippen LogP contribution in [0.25, 0.3) is 47.8 Å². The molecule has 0 amide bonds. The van der Waals surface area contributed by atoms with E-state index in [4.69, 9.17) is 14.7 Å². The lowest BCUT2D eigenvalue weighted by Crippen LogP contribution is -2.26. The predicted octanol–water partition coefficient (Wildman–Crippen LogP) is 14.2. The maximum Gasteiger partial charge on any atom is 0.158 e. The second-order valence-corrected chi connectivity index (χ2v) is 18.8. The first-order chi connectivity index (χ1) is 27.8.